The number of aryl methyl sites for hydroxylation is 1. The normalized spacial score (nSPS) is 10.2. The molecule has 0 fully saturated rings. The molecule has 3 heteroatoms. The Bertz CT molecular complexity index is 284. The lowest BCUT2D eigenvalue weighted by molar-refractivity contribution is 0.464. The Morgan fingerprint density at radius 1 is 1.33 bits per heavy atom. The molecule has 0 bridgehead atoms. The van der Waals surface area contributed by atoms with E-state index in [2.05, 4.69) is 38.8 Å². The lowest BCUT2D eigenvalue weighted by atomic mass is 10.1. The number of rotatable bonds is 2. The Labute approximate surface area is 89.1 Å². The molecule has 66 valence electrons. The molecule has 1 rings (SSSR count). The molecule has 1 aromatic carbocycles. The van der Waals surface area contributed by atoms with Gasteiger partial charge in [0.25, 0.3) is 0 Å². The maximum atomic E-state index is 9.59. The fourth-order valence-corrected chi connectivity index (χ4v) is 2.39. The SMILES string of the molecule is CCCc1cc(Br)cc(Br)c1O. The lowest BCUT2D eigenvalue weighted by Gasteiger charge is -2.05. The Morgan fingerprint density at radius 2 is 2.00 bits per heavy atom. The van der Waals surface area contributed by atoms with Gasteiger partial charge < -0.3 is 5.11 Å². The van der Waals surface area contributed by atoms with Crippen molar-refractivity contribution in [2.45, 2.75) is 19.8 Å². The number of halogens is 2. The summed E-state index contributed by atoms with van der Waals surface area (Å²) in [6.07, 6.45) is 1.94. The van der Waals surface area contributed by atoms with E-state index in [4.69, 9.17) is 0 Å². The van der Waals surface area contributed by atoms with E-state index in [0.717, 1.165) is 27.4 Å². The van der Waals surface area contributed by atoms with Crippen molar-refractivity contribution in [2.75, 3.05) is 0 Å². The van der Waals surface area contributed by atoms with Crippen LogP contribution in [-0.2, 0) is 6.42 Å². The highest BCUT2D eigenvalue weighted by atomic mass is 79.9. The van der Waals surface area contributed by atoms with Crippen molar-refractivity contribution in [1.82, 2.24) is 0 Å². The third kappa shape index (κ3) is 2.23. The van der Waals surface area contributed by atoms with Gasteiger partial charge in [0.05, 0.1) is 4.47 Å². The second-order valence-corrected chi connectivity index (χ2v) is 4.42. The van der Waals surface area contributed by atoms with Gasteiger partial charge in [-0.05, 0) is 40.0 Å². The molecule has 0 radical (unpaired) electrons. The summed E-state index contributed by atoms with van der Waals surface area (Å²) in [6, 6.07) is 3.79. The first kappa shape index (κ1) is 10.1. The smallest absolute Gasteiger partial charge is 0.133 e. The van der Waals surface area contributed by atoms with Crippen LogP contribution >= 0.6 is 31.9 Å². The molecule has 0 atom stereocenters. The van der Waals surface area contributed by atoms with E-state index in [9.17, 15) is 5.11 Å². The van der Waals surface area contributed by atoms with Crippen LogP contribution in [0.25, 0.3) is 0 Å². The topological polar surface area (TPSA) is 20.2 Å². The monoisotopic (exact) mass is 292 g/mol. The molecule has 0 heterocycles. The number of aromatic hydroxyl groups is 1. The van der Waals surface area contributed by atoms with Crippen LogP contribution in [0.3, 0.4) is 0 Å². The van der Waals surface area contributed by atoms with E-state index in [1.165, 1.54) is 0 Å². The van der Waals surface area contributed by atoms with Crippen LogP contribution in [0.5, 0.6) is 5.75 Å². The van der Waals surface area contributed by atoms with E-state index >= 15 is 0 Å². The largest absolute Gasteiger partial charge is 0.506 e. The maximum Gasteiger partial charge on any atom is 0.133 e. The van der Waals surface area contributed by atoms with Gasteiger partial charge in [0.2, 0.25) is 0 Å². The fraction of sp³-hybridized carbons (Fsp3) is 0.333. The minimum Gasteiger partial charge on any atom is -0.506 e. The molecule has 0 spiro atoms. The minimum absolute atomic E-state index is 0.361. The summed E-state index contributed by atoms with van der Waals surface area (Å²) in [5.41, 5.74) is 0.985. The van der Waals surface area contributed by atoms with E-state index in [-0.39, 0.29) is 0 Å². The van der Waals surface area contributed by atoms with Crippen LogP contribution in [0.1, 0.15) is 18.9 Å². The van der Waals surface area contributed by atoms with Gasteiger partial charge in [-0.3, -0.25) is 0 Å². The molecule has 1 nitrogen and oxygen atoms in total. The predicted octanol–water partition coefficient (Wildman–Crippen LogP) is 3.87. The summed E-state index contributed by atoms with van der Waals surface area (Å²) >= 11 is 6.66. The first-order valence-corrected chi connectivity index (χ1v) is 5.40. The van der Waals surface area contributed by atoms with Crippen molar-refractivity contribution in [3.63, 3.8) is 0 Å². The van der Waals surface area contributed by atoms with E-state index in [0.29, 0.717) is 5.75 Å². The molecule has 1 aromatic rings. The minimum atomic E-state index is 0.361. The third-order valence-electron chi connectivity index (χ3n) is 1.63. The standard InChI is InChI=1S/C9H10Br2O/c1-2-3-6-4-7(10)5-8(11)9(6)12/h4-5,12H,2-3H2,1H3. The average Bonchev–Trinajstić information content (AvgIpc) is 2.00. The fourth-order valence-electron chi connectivity index (χ4n) is 1.08. The number of phenolic OH excluding ortho intramolecular Hbond substituents is 1. The van der Waals surface area contributed by atoms with Crippen LogP contribution in [0.4, 0.5) is 0 Å². The number of benzene rings is 1. The highest BCUT2D eigenvalue weighted by Crippen LogP contribution is 2.32. The van der Waals surface area contributed by atoms with Gasteiger partial charge in [0, 0.05) is 4.47 Å². The van der Waals surface area contributed by atoms with E-state index in [1.54, 1.807) is 0 Å². The van der Waals surface area contributed by atoms with Crippen molar-refractivity contribution in [3.05, 3.63) is 26.6 Å². The van der Waals surface area contributed by atoms with Crippen molar-refractivity contribution in [2.24, 2.45) is 0 Å². The summed E-state index contributed by atoms with van der Waals surface area (Å²) in [4.78, 5) is 0. The van der Waals surface area contributed by atoms with Crippen LogP contribution in [0.15, 0.2) is 21.1 Å². The van der Waals surface area contributed by atoms with Crippen LogP contribution in [-0.4, -0.2) is 5.11 Å². The highest BCUT2D eigenvalue weighted by molar-refractivity contribution is 9.11. The zero-order valence-electron chi connectivity index (χ0n) is 6.77. The molecule has 0 saturated heterocycles. The second kappa shape index (κ2) is 4.28. The summed E-state index contributed by atoms with van der Waals surface area (Å²) in [7, 11) is 0. The number of hydrogen-bond donors (Lipinski definition) is 1. The quantitative estimate of drug-likeness (QED) is 0.878. The van der Waals surface area contributed by atoms with Crippen molar-refractivity contribution in [3.8, 4) is 5.75 Å². The Balaban J connectivity index is 3.09. The van der Waals surface area contributed by atoms with Gasteiger partial charge >= 0.3 is 0 Å². The van der Waals surface area contributed by atoms with Crippen molar-refractivity contribution < 1.29 is 5.11 Å². The second-order valence-electron chi connectivity index (χ2n) is 2.65. The van der Waals surface area contributed by atoms with Gasteiger partial charge in [0.15, 0.2) is 0 Å². The molecule has 0 aliphatic carbocycles. The van der Waals surface area contributed by atoms with E-state index in [1.807, 2.05) is 12.1 Å². The summed E-state index contributed by atoms with van der Waals surface area (Å²) in [5.74, 6) is 0.361. The highest BCUT2D eigenvalue weighted by Gasteiger charge is 2.05. The molecular weight excluding hydrogens is 284 g/mol. The third-order valence-corrected chi connectivity index (χ3v) is 2.69. The molecular formula is C9H10Br2O. The zero-order chi connectivity index (χ0) is 9.14. The molecule has 1 N–H and O–H groups in total. The predicted molar refractivity (Wildman–Crippen MR) is 57.5 cm³/mol. The Hall–Kier alpha value is -0.0200. The number of phenols is 1. The molecule has 0 aliphatic heterocycles. The molecule has 0 amide bonds. The van der Waals surface area contributed by atoms with Gasteiger partial charge in [-0.1, -0.05) is 29.3 Å². The van der Waals surface area contributed by atoms with Gasteiger partial charge in [-0.25, -0.2) is 0 Å². The molecule has 12 heavy (non-hydrogen) atoms. The van der Waals surface area contributed by atoms with Gasteiger partial charge in [-0.15, -0.1) is 0 Å². The summed E-state index contributed by atoms with van der Waals surface area (Å²) in [5, 5.41) is 9.59. The summed E-state index contributed by atoms with van der Waals surface area (Å²) < 4.78 is 1.75. The van der Waals surface area contributed by atoms with Crippen LogP contribution in [0, 0.1) is 0 Å². The first-order chi connectivity index (χ1) is 5.65. The van der Waals surface area contributed by atoms with E-state index < -0.39 is 0 Å². The van der Waals surface area contributed by atoms with Gasteiger partial charge in [0.1, 0.15) is 5.75 Å². The number of hydrogen-bond acceptors (Lipinski definition) is 1. The van der Waals surface area contributed by atoms with Crippen LogP contribution < -0.4 is 0 Å². The Kier molecular flexibility index (Phi) is 3.59. The molecule has 0 aliphatic rings. The van der Waals surface area contributed by atoms with Crippen LogP contribution in [0.2, 0.25) is 0 Å². The zero-order valence-corrected chi connectivity index (χ0v) is 9.94. The molecule has 0 aromatic heterocycles. The van der Waals surface area contributed by atoms with Gasteiger partial charge in [-0.2, -0.15) is 0 Å². The van der Waals surface area contributed by atoms with Crippen molar-refractivity contribution >= 4 is 31.9 Å². The molecule has 0 saturated carbocycles. The van der Waals surface area contributed by atoms with Crippen molar-refractivity contribution in [1.29, 1.82) is 0 Å². The average molecular weight is 294 g/mol. The summed E-state index contributed by atoms with van der Waals surface area (Å²) in [6.45, 7) is 2.09. The first-order valence-electron chi connectivity index (χ1n) is 3.82. The lowest BCUT2D eigenvalue weighted by Crippen LogP contribution is -1.85. The Morgan fingerprint density at radius 3 is 2.58 bits per heavy atom. The molecule has 0 unspecified atom stereocenters. The maximum absolute atomic E-state index is 9.59.